The molecule has 0 radical (unpaired) electrons. The molecular formula is C22H46O5. The third kappa shape index (κ3) is 27.7. The molecule has 0 saturated carbocycles. The summed E-state index contributed by atoms with van der Waals surface area (Å²) in [7, 11) is 0. The first-order valence-electron chi connectivity index (χ1n) is 11.2. The molecule has 0 spiro atoms. The third-order valence-corrected chi connectivity index (χ3v) is 4.78. The van der Waals surface area contributed by atoms with Gasteiger partial charge in [-0.3, -0.25) is 4.79 Å². The fraction of sp³-hybridized carbons (Fsp3) is 0.955. The van der Waals surface area contributed by atoms with Crippen LogP contribution in [0.2, 0.25) is 0 Å². The molecule has 0 fully saturated rings. The van der Waals surface area contributed by atoms with Gasteiger partial charge in [-0.25, -0.2) is 0 Å². The molecule has 0 aromatic heterocycles. The minimum Gasteiger partial charge on any atom is -0.481 e. The molecule has 0 amide bonds. The number of hydrogen-bond acceptors (Lipinski definition) is 4. The molecule has 0 aliphatic heterocycles. The van der Waals surface area contributed by atoms with Crippen LogP contribution in [0.5, 0.6) is 0 Å². The number of aliphatic hydroxyl groups excluding tert-OH is 3. The van der Waals surface area contributed by atoms with E-state index in [9.17, 15) is 4.79 Å². The van der Waals surface area contributed by atoms with E-state index in [0.29, 0.717) is 19.3 Å². The van der Waals surface area contributed by atoms with Gasteiger partial charge in [-0.15, -0.1) is 0 Å². The van der Waals surface area contributed by atoms with Gasteiger partial charge in [-0.1, -0.05) is 84.0 Å². The normalized spacial score (nSPS) is 10.7. The molecule has 0 bridgehead atoms. The van der Waals surface area contributed by atoms with E-state index in [1.807, 2.05) is 0 Å². The maximum atomic E-state index is 10.3. The zero-order valence-electron chi connectivity index (χ0n) is 17.7. The van der Waals surface area contributed by atoms with E-state index in [2.05, 4.69) is 6.92 Å². The summed E-state index contributed by atoms with van der Waals surface area (Å²) in [5.41, 5.74) is 0. The van der Waals surface area contributed by atoms with Crippen LogP contribution in [0, 0.1) is 5.92 Å². The number of rotatable bonds is 19. The second-order valence-electron chi connectivity index (χ2n) is 7.48. The Hall–Kier alpha value is -0.650. The summed E-state index contributed by atoms with van der Waals surface area (Å²) in [6, 6.07) is 0. The molecule has 27 heavy (non-hydrogen) atoms. The lowest BCUT2D eigenvalue weighted by molar-refractivity contribution is -0.137. The predicted molar refractivity (Wildman–Crippen MR) is 112 cm³/mol. The van der Waals surface area contributed by atoms with Crippen LogP contribution >= 0.6 is 0 Å². The van der Waals surface area contributed by atoms with Crippen LogP contribution < -0.4 is 0 Å². The lowest BCUT2D eigenvalue weighted by atomic mass is 10.0. The topological polar surface area (TPSA) is 98.0 Å². The average Bonchev–Trinajstić information content (AvgIpc) is 2.66. The van der Waals surface area contributed by atoms with Crippen LogP contribution in [0.15, 0.2) is 0 Å². The van der Waals surface area contributed by atoms with Gasteiger partial charge in [0, 0.05) is 32.2 Å². The lowest BCUT2D eigenvalue weighted by Gasteiger charge is -2.07. The Labute approximate surface area is 167 Å². The van der Waals surface area contributed by atoms with E-state index in [4.69, 9.17) is 20.4 Å². The summed E-state index contributed by atoms with van der Waals surface area (Å²) in [4.78, 5) is 10.3. The van der Waals surface area contributed by atoms with E-state index in [1.165, 1.54) is 70.6 Å². The Balaban J connectivity index is 0. The molecule has 0 heterocycles. The Kier molecular flexibility index (Phi) is 26.8. The highest BCUT2D eigenvalue weighted by Crippen LogP contribution is 2.12. The van der Waals surface area contributed by atoms with Gasteiger partial charge in [0.15, 0.2) is 0 Å². The molecule has 0 saturated heterocycles. The van der Waals surface area contributed by atoms with Crippen molar-refractivity contribution in [2.45, 2.75) is 110 Å². The smallest absolute Gasteiger partial charge is 0.303 e. The largest absolute Gasteiger partial charge is 0.481 e. The number of carbonyl (C=O) groups is 1. The molecule has 0 aromatic rings. The quantitative estimate of drug-likeness (QED) is 0.235. The summed E-state index contributed by atoms with van der Waals surface area (Å²) in [6.45, 7) is 2.42. The summed E-state index contributed by atoms with van der Waals surface area (Å²) in [6.07, 6.45) is 18.6. The Morgan fingerprint density at radius 1 is 0.667 bits per heavy atom. The van der Waals surface area contributed by atoms with Crippen molar-refractivity contribution in [3.8, 4) is 0 Å². The number of aliphatic carboxylic acids is 1. The first-order chi connectivity index (χ1) is 13.1. The van der Waals surface area contributed by atoms with Gasteiger partial charge < -0.3 is 20.4 Å². The van der Waals surface area contributed by atoms with E-state index >= 15 is 0 Å². The molecule has 5 nitrogen and oxygen atoms in total. The van der Waals surface area contributed by atoms with E-state index < -0.39 is 5.97 Å². The second kappa shape index (κ2) is 25.4. The fourth-order valence-electron chi connectivity index (χ4n) is 2.91. The van der Waals surface area contributed by atoms with E-state index in [1.54, 1.807) is 0 Å². The van der Waals surface area contributed by atoms with Crippen molar-refractivity contribution in [1.82, 2.24) is 0 Å². The first kappa shape index (κ1) is 28.6. The molecule has 0 aromatic carbocycles. The second-order valence-corrected chi connectivity index (χ2v) is 7.48. The SMILES string of the molecule is CCCCCCCCCCCCCCCC(=O)O.OCCCC(CO)CO. The van der Waals surface area contributed by atoms with Crippen LogP contribution in [0.1, 0.15) is 110 Å². The highest BCUT2D eigenvalue weighted by Gasteiger charge is 2.03. The highest BCUT2D eigenvalue weighted by molar-refractivity contribution is 5.66. The number of carboxylic acids is 1. The Morgan fingerprint density at radius 2 is 1.07 bits per heavy atom. The zero-order valence-corrected chi connectivity index (χ0v) is 17.7. The molecule has 164 valence electrons. The van der Waals surface area contributed by atoms with Gasteiger partial charge in [-0.05, 0) is 19.3 Å². The van der Waals surface area contributed by atoms with Gasteiger partial charge in [0.25, 0.3) is 0 Å². The van der Waals surface area contributed by atoms with Gasteiger partial charge in [-0.2, -0.15) is 0 Å². The van der Waals surface area contributed by atoms with Crippen LogP contribution in [0.3, 0.4) is 0 Å². The van der Waals surface area contributed by atoms with Crippen molar-refractivity contribution < 1.29 is 25.2 Å². The molecule has 5 heteroatoms. The number of carboxylic acid groups (broad SMARTS) is 1. The summed E-state index contributed by atoms with van der Waals surface area (Å²) < 4.78 is 0. The van der Waals surface area contributed by atoms with Crippen LogP contribution in [0.25, 0.3) is 0 Å². The van der Waals surface area contributed by atoms with Gasteiger partial charge >= 0.3 is 5.97 Å². The number of hydrogen-bond donors (Lipinski definition) is 4. The Bertz CT molecular complexity index is 280. The first-order valence-corrected chi connectivity index (χ1v) is 11.2. The molecular weight excluding hydrogens is 344 g/mol. The third-order valence-electron chi connectivity index (χ3n) is 4.78. The van der Waals surface area contributed by atoms with Crippen LogP contribution in [0.4, 0.5) is 0 Å². The Morgan fingerprint density at radius 3 is 1.41 bits per heavy atom. The van der Waals surface area contributed by atoms with Crippen molar-refractivity contribution in [3.05, 3.63) is 0 Å². The standard InChI is InChI=1S/C16H32O2.C6H14O3/c1-2-3-4-5-6-7-8-9-10-11-12-13-14-15-16(17)18;7-3-1-2-6(4-8)5-9/h2-15H2,1H3,(H,17,18);6-9H,1-5H2. The van der Waals surface area contributed by atoms with Crippen molar-refractivity contribution in [2.75, 3.05) is 19.8 Å². The minimum absolute atomic E-state index is 0.0104. The van der Waals surface area contributed by atoms with Crippen LogP contribution in [-0.4, -0.2) is 46.2 Å². The van der Waals surface area contributed by atoms with Gasteiger partial charge in [0.05, 0.1) is 0 Å². The summed E-state index contributed by atoms with van der Waals surface area (Å²) in [5.74, 6) is -0.699. The highest BCUT2D eigenvalue weighted by atomic mass is 16.4. The molecule has 4 N–H and O–H groups in total. The van der Waals surface area contributed by atoms with Gasteiger partial charge in [0.2, 0.25) is 0 Å². The molecule has 0 unspecified atom stereocenters. The van der Waals surface area contributed by atoms with E-state index in [-0.39, 0.29) is 25.7 Å². The molecule has 0 rings (SSSR count). The molecule has 0 aliphatic carbocycles. The van der Waals surface area contributed by atoms with Gasteiger partial charge in [0.1, 0.15) is 0 Å². The van der Waals surface area contributed by atoms with Crippen molar-refractivity contribution in [3.63, 3.8) is 0 Å². The molecule has 0 aliphatic rings. The lowest BCUT2D eigenvalue weighted by Crippen LogP contribution is -2.11. The van der Waals surface area contributed by atoms with Crippen molar-refractivity contribution >= 4 is 5.97 Å². The summed E-state index contributed by atoms with van der Waals surface area (Å²) >= 11 is 0. The monoisotopic (exact) mass is 390 g/mol. The van der Waals surface area contributed by atoms with Crippen molar-refractivity contribution in [2.24, 2.45) is 5.92 Å². The number of unbranched alkanes of at least 4 members (excludes halogenated alkanes) is 12. The van der Waals surface area contributed by atoms with E-state index in [0.717, 1.165) is 12.8 Å². The maximum absolute atomic E-state index is 10.3. The number of aliphatic hydroxyl groups is 3. The van der Waals surface area contributed by atoms with Crippen LogP contribution in [-0.2, 0) is 4.79 Å². The minimum atomic E-state index is -0.655. The van der Waals surface area contributed by atoms with Crippen molar-refractivity contribution in [1.29, 1.82) is 0 Å². The molecule has 0 atom stereocenters. The summed E-state index contributed by atoms with van der Waals surface area (Å²) in [5, 5.41) is 33.9. The fourth-order valence-corrected chi connectivity index (χ4v) is 2.91. The maximum Gasteiger partial charge on any atom is 0.303 e. The average molecular weight is 391 g/mol. The zero-order chi connectivity index (χ0) is 20.6. The predicted octanol–water partition coefficient (Wildman–Crippen LogP) is 4.91.